The van der Waals surface area contributed by atoms with Crippen LogP contribution in [0.4, 0.5) is 14.5 Å². The Morgan fingerprint density at radius 1 is 1.50 bits per heavy atom. The summed E-state index contributed by atoms with van der Waals surface area (Å²) in [5.41, 5.74) is -1.06. The maximum Gasteiger partial charge on any atom is 0.387 e. The molecule has 0 N–H and O–H groups in total. The first-order valence-corrected chi connectivity index (χ1v) is 4.22. The lowest BCUT2D eigenvalue weighted by atomic mass is 10.2. The minimum absolute atomic E-state index is 0.110. The van der Waals surface area contributed by atoms with Gasteiger partial charge >= 0.3 is 6.61 Å². The number of ether oxygens (including phenoxy) is 1. The zero-order chi connectivity index (χ0) is 12.3. The summed E-state index contributed by atoms with van der Waals surface area (Å²) in [6.07, 6.45) is 0.110. The van der Waals surface area contributed by atoms with Gasteiger partial charge in [-0.2, -0.15) is 8.78 Å². The summed E-state index contributed by atoms with van der Waals surface area (Å²) in [5.74, 6) is -0.482. The summed E-state index contributed by atoms with van der Waals surface area (Å²) >= 11 is 5.51. The van der Waals surface area contributed by atoms with Gasteiger partial charge in [-0.15, -0.1) is 0 Å². The molecule has 0 spiro atoms. The summed E-state index contributed by atoms with van der Waals surface area (Å²) in [5, 5.41) is 9.96. The van der Waals surface area contributed by atoms with Crippen LogP contribution in [0.25, 0.3) is 0 Å². The molecule has 0 aliphatic heterocycles. The summed E-state index contributed by atoms with van der Waals surface area (Å²) in [4.78, 5) is 20.2. The van der Waals surface area contributed by atoms with E-state index in [0.29, 0.717) is 0 Å². The minimum Gasteiger partial charge on any atom is -0.433 e. The summed E-state index contributed by atoms with van der Waals surface area (Å²) < 4.78 is 27.8. The van der Waals surface area contributed by atoms with Gasteiger partial charge in [0.05, 0.1) is 4.92 Å². The number of hydrogen-bond donors (Lipinski definition) is 0. The van der Waals surface area contributed by atoms with Crippen LogP contribution in [0.5, 0.6) is 5.75 Å². The van der Waals surface area contributed by atoms with Crippen LogP contribution in [-0.2, 0) is 0 Å². The van der Waals surface area contributed by atoms with Crippen LogP contribution in [0.1, 0.15) is 10.4 Å². The molecule has 0 unspecified atom stereocenters. The fourth-order valence-electron chi connectivity index (χ4n) is 1.02. The van der Waals surface area contributed by atoms with Gasteiger partial charge in [-0.05, 0) is 6.07 Å². The standard InChI is InChI=1S/C8H4ClF2NO4/c9-7-4(3-13)5(12(14)15)1-2-6(7)16-8(10)11/h1-3,8H. The van der Waals surface area contributed by atoms with E-state index in [1.807, 2.05) is 0 Å². The average Bonchev–Trinajstić information content (AvgIpc) is 2.19. The Balaban J connectivity index is 3.28. The van der Waals surface area contributed by atoms with E-state index in [9.17, 15) is 23.7 Å². The van der Waals surface area contributed by atoms with Crippen molar-refractivity contribution in [2.75, 3.05) is 0 Å². The first-order chi connectivity index (χ1) is 7.47. The van der Waals surface area contributed by atoms with Crippen molar-refractivity contribution in [2.24, 2.45) is 0 Å². The quantitative estimate of drug-likeness (QED) is 0.469. The Bertz CT molecular complexity index is 438. The Kier molecular flexibility index (Phi) is 3.73. The van der Waals surface area contributed by atoms with Crippen molar-refractivity contribution in [1.29, 1.82) is 0 Å². The van der Waals surface area contributed by atoms with E-state index >= 15 is 0 Å². The SMILES string of the molecule is O=Cc1c([N+](=O)[O-])ccc(OC(F)F)c1Cl. The maximum atomic E-state index is 11.9. The fourth-order valence-corrected chi connectivity index (χ4v) is 1.27. The van der Waals surface area contributed by atoms with Gasteiger partial charge in [0.1, 0.15) is 16.3 Å². The molecule has 0 fully saturated rings. The number of hydrogen-bond acceptors (Lipinski definition) is 4. The average molecular weight is 252 g/mol. The van der Waals surface area contributed by atoms with Crippen LogP contribution < -0.4 is 4.74 Å². The molecule has 0 saturated heterocycles. The zero-order valence-corrected chi connectivity index (χ0v) is 8.28. The predicted octanol–water partition coefficient (Wildman–Crippen LogP) is 2.66. The number of carbonyl (C=O) groups excluding carboxylic acids is 1. The zero-order valence-electron chi connectivity index (χ0n) is 7.52. The molecule has 0 bridgehead atoms. The van der Waals surface area contributed by atoms with Crippen LogP contribution in [0.3, 0.4) is 0 Å². The summed E-state index contributed by atoms with van der Waals surface area (Å²) in [6.45, 7) is -3.13. The number of aldehydes is 1. The third-order valence-electron chi connectivity index (χ3n) is 1.65. The number of nitro groups is 1. The molecular formula is C8H4ClF2NO4. The highest BCUT2D eigenvalue weighted by Crippen LogP contribution is 2.34. The number of carbonyl (C=O) groups is 1. The highest BCUT2D eigenvalue weighted by atomic mass is 35.5. The van der Waals surface area contributed by atoms with E-state index in [1.54, 1.807) is 0 Å². The molecule has 0 atom stereocenters. The van der Waals surface area contributed by atoms with E-state index in [0.717, 1.165) is 12.1 Å². The fraction of sp³-hybridized carbons (Fsp3) is 0.125. The van der Waals surface area contributed by atoms with E-state index in [4.69, 9.17) is 11.6 Å². The molecule has 5 nitrogen and oxygen atoms in total. The summed E-state index contributed by atoms with van der Waals surface area (Å²) in [6, 6.07) is 1.77. The highest BCUT2D eigenvalue weighted by molar-refractivity contribution is 6.34. The number of rotatable bonds is 4. The van der Waals surface area contributed by atoms with Crippen LogP contribution in [-0.4, -0.2) is 17.8 Å². The van der Waals surface area contributed by atoms with Crippen molar-refractivity contribution >= 4 is 23.6 Å². The molecule has 0 aromatic heterocycles. The lowest BCUT2D eigenvalue weighted by Gasteiger charge is -2.07. The third kappa shape index (κ3) is 2.43. The number of nitro benzene ring substituents is 1. The van der Waals surface area contributed by atoms with Crippen molar-refractivity contribution in [1.82, 2.24) is 0 Å². The number of nitrogens with zero attached hydrogens (tertiary/aromatic N) is 1. The van der Waals surface area contributed by atoms with Gasteiger partial charge < -0.3 is 4.74 Å². The van der Waals surface area contributed by atoms with Gasteiger partial charge in [0, 0.05) is 6.07 Å². The van der Waals surface area contributed by atoms with Gasteiger partial charge in [0.15, 0.2) is 6.29 Å². The van der Waals surface area contributed by atoms with Crippen molar-refractivity contribution < 1.29 is 23.2 Å². The van der Waals surface area contributed by atoms with Crippen LogP contribution in [0.15, 0.2) is 12.1 Å². The van der Waals surface area contributed by atoms with Crippen molar-refractivity contribution in [3.05, 3.63) is 32.8 Å². The number of alkyl halides is 2. The van der Waals surface area contributed by atoms with Crippen LogP contribution in [0.2, 0.25) is 5.02 Å². The number of halogens is 3. The van der Waals surface area contributed by atoms with Gasteiger partial charge in [0.2, 0.25) is 0 Å². The van der Waals surface area contributed by atoms with Crippen LogP contribution >= 0.6 is 11.6 Å². The second kappa shape index (κ2) is 4.84. The smallest absolute Gasteiger partial charge is 0.387 e. The largest absolute Gasteiger partial charge is 0.433 e. The topological polar surface area (TPSA) is 69.4 Å². The Morgan fingerprint density at radius 3 is 2.56 bits per heavy atom. The monoisotopic (exact) mass is 251 g/mol. The van der Waals surface area contributed by atoms with E-state index in [1.165, 1.54) is 0 Å². The predicted molar refractivity (Wildman–Crippen MR) is 50.1 cm³/mol. The molecular weight excluding hydrogens is 248 g/mol. The second-order valence-corrected chi connectivity index (χ2v) is 2.94. The van der Waals surface area contributed by atoms with E-state index in [-0.39, 0.29) is 6.29 Å². The molecule has 0 amide bonds. The van der Waals surface area contributed by atoms with Crippen LogP contribution in [0, 0.1) is 10.1 Å². The molecule has 0 heterocycles. The Hall–Kier alpha value is -1.76. The lowest BCUT2D eigenvalue weighted by Crippen LogP contribution is -2.04. The van der Waals surface area contributed by atoms with Crippen molar-refractivity contribution in [3.8, 4) is 5.75 Å². The number of benzene rings is 1. The Morgan fingerprint density at radius 2 is 2.12 bits per heavy atom. The van der Waals surface area contributed by atoms with E-state index < -0.39 is 33.6 Å². The molecule has 86 valence electrons. The molecule has 1 aromatic rings. The minimum atomic E-state index is -3.13. The molecule has 1 aromatic carbocycles. The molecule has 8 heteroatoms. The normalized spacial score (nSPS) is 10.2. The second-order valence-electron chi connectivity index (χ2n) is 2.56. The van der Waals surface area contributed by atoms with Gasteiger partial charge in [0.25, 0.3) is 5.69 Å². The molecule has 16 heavy (non-hydrogen) atoms. The van der Waals surface area contributed by atoms with Gasteiger partial charge in [-0.25, -0.2) is 0 Å². The molecule has 0 aliphatic carbocycles. The maximum absolute atomic E-state index is 11.9. The first-order valence-electron chi connectivity index (χ1n) is 3.84. The molecule has 0 aliphatic rings. The Labute approximate surface area is 92.7 Å². The summed E-state index contributed by atoms with van der Waals surface area (Å²) in [7, 11) is 0. The van der Waals surface area contributed by atoms with E-state index in [2.05, 4.69) is 4.74 Å². The first kappa shape index (κ1) is 12.3. The molecule has 1 rings (SSSR count). The highest BCUT2D eigenvalue weighted by Gasteiger charge is 2.21. The van der Waals surface area contributed by atoms with Crippen molar-refractivity contribution in [3.63, 3.8) is 0 Å². The van der Waals surface area contributed by atoms with Crippen molar-refractivity contribution in [2.45, 2.75) is 6.61 Å². The molecule has 0 radical (unpaired) electrons. The molecule has 0 saturated carbocycles. The van der Waals surface area contributed by atoms with Gasteiger partial charge in [-0.3, -0.25) is 14.9 Å². The lowest BCUT2D eigenvalue weighted by molar-refractivity contribution is -0.385. The third-order valence-corrected chi connectivity index (χ3v) is 2.04. The van der Waals surface area contributed by atoms with Gasteiger partial charge in [-0.1, -0.05) is 11.6 Å².